The Balaban J connectivity index is 1.24. The SMILES string of the molecule is O=C1NC(=Nc2ccccc2)S/C1=C\c1ccc(OCc2nc3ccccc3[nH]2)cc1. The largest absolute Gasteiger partial charge is 0.486 e. The van der Waals surface area contributed by atoms with Gasteiger partial charge >= 0.3 is 0 Å². The highest BCUT2D eigenvalue weighted by Gasteiger charge is 2.23. The van der Waals surface area contributed by atoms with Crippen LogP contribution in [0.1, 0.15) is 11.4 Å². The predicted octanol–water partition coefficient (Wildman–Crippen LogP) is 5.03. The molecule has 1 saturated heterocycles. The van der Waals surface area contributed by atoms with Crippen molar-refractivity contribution in [3.05, 3.63) is 95.2 Å². The molecule has 0 radical (unpaired) electrons. The highest BCUT2D eigenvalue weighted by Crippen LogP contribution is 2.28. The van der Waals surface area contributed by atoms with Crippen molar-refractivity contribution in [1.82, 2.24) is 15.3 Å². The number of amidine groups is 1. The number of thioether (sulfide) groups is 1. The summed E-state index contributed by atoms with van der Waals surface area (Å²) in [6, 6.07) is 25.0. The quantitative estimate of drug-likeness (QED) is 0.439. The number of para-hydroxylation sites is 3. The summed E-state index contributed by atoms with van der Waals surface area (Å²) in [6.45, 7) is 0.354. The van der Waals surface area contributed by atoms with Crippen molar-refractivity contribution in [3.8, 4) is 5.75 Å². The monoisotopic (exact) mass is 426 g/mol. The summed E-state index contributed by atoms with van der Waals surface area (Å²) in [6.07, 6.45) is 1.84. The lowest BCUT2D eigenvalue weighted by molar-refractivity contribution is -0.115. The number of H-pyrrole nitrogens is 1. The van der Waals surface area contributed by atoms with Crippen molar-refractivity contribution in [2.45, 2.75) is 6.61 Å². The van der Waals surface area contributed by atoms with Crippen LogP contribution in [0.15, 0.2) is 88.8 Å². The Morgan fingerprint density at radius 1 is 0.968 bits per heavy atom. The Labute approximate surface area is 183 Å². The number of nitrogens with zero attached hydrogens (tertiary/aromatic N) is 2. The third-order valence-electron chi connectivity index (χ3n) is 4.63. The molecular weight excluding hydrogens is 408 g/mol. The van der Waals surface area contributed by atoms with Crippen LogP contribution in [0.2, 0.25) is 0 Å². The van der Waals surface area contributed by atoms with Gasteiger partial charge in [-0.05, 0) is 59.8 Å². The minimum atomic E-state index is -0.148. The maximum absolute atomic E-state index is 12.3. The maximum Gasteiger partial charge on any atom is 0.264 e. The fraction of sp³-hybridized carbons (Fsp3) is 0.0417. The second kappa shape index (κ2) is 8.49. The first kappa shape index (κ1) is 19.1. The van der Waals surface area contributed by atoms with Gasteiger partial charge in [0.25, 0.3) is 5.91 Å². The molecule has 0 aliphatic carbocycles. The Morgan fingerprint density at radius 2 is 1.74 bits per heavy atom. The van der Waals surface area contributed by atoms with E-state index in [0.29, 0.717) is 16.7 Å². The van der Waals surface area contributed by atoms with E-state index in [1.54, 1.807) is 0 Å². The molecule has 0 bridgehead atoms. The Morgan fingerprint density at radius 3 is 2.55 bits per heavy atom. The van der Waals surface area contributed by atoms with Crippen LogP contribution in [0.25, 0.3) is 17.1 Å². The number of fused-ring (bicyclic) bond motifs is 1. The molecule has 4 aromatic rings. The van der Waals surface area contributed by atoms with Crippen LogP contribution in [0.5, 0.6) is 5.75 Å². The van der Waals surface area contributed by atoms with Crippen molar-refractivity contribution in [2.75, 3.05) is 0 Å². The van der Waals surface area contributed by atoms with Gasteiger partial charge in [-0.1, -0.05) is 42.5 Å². The van der Waals surface area contributed by atoms with Crippen LogP contribution < -0.4 is 10.1 Å². The lowest BCUT2D eigenvalue weighted by Crippen LogP contribution is -2.19. The summed E-state index contributed by atoms with van der Waals surface area (Å²) >= 11 is 1.33. The van der Waals surface area contributed by atoms with Crippen LogP contribution in [0.3, 0.4) is 0 Å². The Hall–Kier alpha value is -3.84. The maximum atomic E-state index is 12.3. The number of ether oxygens (including phenoxy) is 1. The van der Waals surface area contributed by atoms with Crippen LogP contribution in [-0.4, -0.2) is 21.0 Å². The molecule has 0 atom stereocenters. The lowest BCUT2D eigenvalue weighted by atomic mass is 10.2. The molecule has 2 N–H and O–H groups in total. The van der Waals surface area contributed by atoms with Crippen LogP contribution in [0, 0.1) is 0 Å². The first-order valence-electron chi connectivity index (χ1n) is 9.74. The third kappa shape index (κ3) is 4.51. The van der Waals surface area contributed by atoms with Crippen molar-refractivity contribution < 1.29 is 9.53 Å². The second-order valence-corrected chi connectivity index (χ2v) is 7.91. The van der Waals surface area contributed by atoms with E-state index < -0.39 is 0 Å². The molecule has 1 aliphatic rings. The van der Waals surface area contributed by atoms with Gasteiger partial charge in [0, 0.05) is 0 Å². The van der Waals surface area contributed by atoms with Crippen molar-refractivity contribution in [2.24, 2.45) is 4.99 Å². The van der Waals surface area contributed by atoms with Crippen LogP contribution in [0.4, 0.5) is 5.69 Å². The van der Waals surface area contributed by atoms with Gasteiger partial charge in [0.05, 0.1) is 21.6 Å². The second-order valence-electron chi connectivity index (χ2n) is 6.88. The molecule has 2 heterocycles. The normalized spacial score (nSPS) is 16.2. The molecule has 0 spiro atoms. The fourth-order valence-electron chi connectivity index (χ4n) is 3.14. The molecule has 1 amide bonds. The standard InChI is InChI=1S/C24H18N4O2S/c29-23-21(31-24(28-23)25-17-6-2-1-3-7-17)14-16-10-12-18(13-11-16)30-15-22-26-19-8-4-5-9-20(19)27-22/h1-14H,15H2,(H,26,27)(H,25,28,29)/b21-14-. The van der Waals surface area contributed by atoms with E-state index in [1.165, 1.54) is 11.8 Å². The van der Waals surface area contributed by atoms with Crippen molar-refractivity contribution >= 4 is 45.6 Å². The number of nitrogens with one attached hydrogen (secondary N) is 2. The molecule has 0 saturated carbocycles. The summed E-state index contributed by atoms with van der Waals surface area (Å²) in [5, 5.41) is 3.38. The zero-order valence-electron chi connectivity index (χ0n) is 16.4. The van der Waals surface area contributed by atoms with E-state index in [9.17, 15) is 4.79 Å². The number of hydrogen-bond acceptors (Lipinski definition) is 5. The molecule has 1 aliphatic heterocycles. The summed E-state index contributed by atoms with van der Waals surface area (Å²) in [5.41, 5.74) is 3.63. The molecule has 1 fully saturated rings. The molecule has 31 heavy (non-hydrogen) atoms. The zero-order valence-corrected chi connectivity index (χ0v) is 17.2. The van der Waals surface area contributed by atoms with Gasteiger partial charge in [0.15, 0.2) is 5.17 Å². The van der Waals surface area contributed by atoms with Gasteiger partial charge in [0.2, 0.25) is 0 Å². The van der Waals surface area contributed by atoms with Gasteiger partial charge in [-0.25, -0.2) is 9.98 Å². The summed E-state index contributed by atoms with van der Waals surface area (Å²) in [5.74, 6) is 1.36. The van der Waals surface area contributed by atoms with Crippen molar-refractivity contribution in [1.29, 1.82) is 0 Å². The highest BCUT2D eigenvalue weighted by atomic mass is 32.2. The van der Waals surface area contributed by atoms with E-state index in [-0.39, 0.29) is 5.91 Å². The minimum absolute atomic E-state index is 0.148. The average Bonchev–Trinajstić information content (AvgIpc) is 3.36. The zero-order chi connectivity index (χ0) is 21.0. The van der Waals surface area contributed by atoms with Crippen LogP contribution >= 0.6 is 11.8 Å². The lowest BCUT2D eigenvalue weighted by Gasteiger charge is -2.04. The summed E-state index contributed by atoms with van der Waals surface area (Å²) in [4.78, 5) is 25.1. The van der Waals surface area contributed by atoms with E-state index in [0.717, 1.165) is 33.9 Å². The minimum Gasteiger partial charge on any atom is -0.486 e. The first-order chi connectivity index (χ1) is 15.2. The van der Waals surface area contributed by atoms with E-state index in [4.69, 9.17) is 4.74 Å². The number of aromatic nitrogens is 2. The molecule has 0 unspecified atom stereocenters. The average molecular weight is 427 g/mol. The summed E-state index contributed by atoms with van der Waals surface area (Å²) < 4.78 is 5.83. The number of amides is 1. The number of carbonyl (C=O) groups excluding carboxylic acids is 1. The van der Waals surface area contributed by atoms with Gasteiger partial charge < -0.3 is 15.0 Å². The van der Waals surface area contributed by atoms with Gasteiger partial charge in [-0.2, -0.15) is 0 Å². The van der Waals surface area contributed by atoms with E-state index in [1.807, 2.05) is 84.9 Å². The molecule has 7 heteroatoms. The van der Waals surface area contributed by atoms with E-state index in [2.05, 4.69) is 20.3 Å². The number of imidazole rings is 1. The van der Waals surface area contributed by atoms with Crippen LogP contribution in [-0.2, 0) is 11.4 Å². The smallest absolute Gasteiger partial charge is 0.264 e. The predicted molar refractivity (Wildman–Crippen MR) is 124 cm³/mol. The van der Waals surface area contributed by atoms with Gasteiger partial charge in [-0.3, -0.25) is 4.79 Å². The summed E-state index contributed by atoms with van der Waals surface area (Å²) in [7, 11) is 0. The number of aromatic amines is 1. The molecule has 6 nitrogen and oxygen atoms in total. The molecule has 3 aromatic carbocycles. The van der Waals surface area contributed by atoms with Gasteiger partial charge in [0.1, 0.15) is 18.2 Å². The van der Waals surface area contributed by atoms with Gasteiger partial charge in [-0.15, -0.1) is 0 Å². The topological polar surface area (TPSA) is 79.4 Å². The Kier molecular flexibility index (Phi) is 5.24. The Bertz CT molecular complexity index is 1260. The molecule has 152 valence electrons. The van der Waals surface area contributed by atoms with Crippen molar-refractivity contribution in [3.63, 3.8) is 0 Å². The number of rotatable bonds is 5. The molecular formula is C24H18N4O2S. The number of carbonyl (C=O) groups is 1. The number of benzene rings is 3. The number of hydrogen-bond donors (Lipinski definition) is 2. The number of aliphatic imine (C=N–C) groups is 1. The molecule has 5 rings (SSSR count). The van der Waals surface area contributed by atoms with E-state index >= 15 is 0 Å². The fourth-order valence-corrected chi connectivity index (χ4v) is 3.98. The molecule has 1 aromatic heterocycles. The first-order valence-corrected chi connectivity index (χ1v) is 10.6. The highest BCUT2D eigenvalue weighted by molar-refractivity contribution is 8.18. The third-order valence-corrected chi connectivity index (χ3v) is 5.54.